The molecule has 1 aromatic carbocycles. The van der Waals surface area contributed by atoms with E-state index < -0.39 is 37.1 Å². The summed E-state index contributed by atoms with van der Waals surface area (Å²) in [5.41, 5.74) is 0.353. The summed E-state index contributed by atoms with van der Waals surface area (Å²) in [6, 6.07) is 8.26. The molecule has 6 heteroatoms. The van der Waals surface area contributed by atoms with E-state index in [1.165, 1.54) is 0 Å². The summed E-state index contributed by atoms with van der Waals surface area (Å²) in [4.78, 5) is 11.6. The smallest absolute Gasteiger partial charge is 0.338 e. The van der Waals surface area contributed by atoms with E-state index in [0.29, 0.717) is 5.56 Å². The Hall–Kier alpha value is -1.53. The van der Waals surface area contributed by atoms with E-state index >= 15 is 0 Å². The second-order valence-electron chi connectivity index (χ2n) is 4.36. The number of aliphatic hydroxyl groups is 1. The molecule has 2 rings (SSSR count). The van der Waals surface area contributed by atoms with Gasteiger partial charge in [0.2, 0.25) is 0 Å². The Kier molecular flexibility index (Phi) is 4.11. The maximum Gasteiger partial charge on any atom is 0.338 e. The number of halogens is 2. The van der Waals surface area contributed by atoms with Crippen molar-refractivity contribution in [3.8, 4) is 0 Å². The van der Waals surface area contributed by atoms with Gasteiger partial charge in [-0.2, -0.15) is 0 Å². The van der Waals surface area contributed by atoms with E-state index in [9.17, 15) is 13.6 Å². The molecule has 1 aliphatic heterocycles. The molecular formula is C13H14F2O4. The van der Waals surface area contributed by atoms with Crippen LogP contribution >= 0.6 is 0 Å². The SMILES string of the molecule is O=C(OC[C@@H]1CC(F)(F)C(CO)O1)c1ccccc1. The first-order chi connectivity index (χ1) is 9.03. The molecule has 1 aromatic rings. The minimum absolute atomic E-state index is 0.250. The summed E-state index contributed by atoms with van der Waals surface area (Å²) < 4.78 is 36.4. The van der Waals surface area contributed by atoms with Crippen LogP contribution in [0, 0.1) is 0 Å². The van der Waals surface area contributed by atoms with Crippen molar-refractivity contribution in [2.24, 2.45) is 0 Å². The molecule has 1 fully saturated rings. The minimum Gasteiger partial charge on any atom is -0.459 e. The Balaban J connectivity index is 1.86. The summed E-state index contributed by atoms with van der Waals surface area (Å²) in [7, 11) is 0. The summed E-state index contributed by atoms with van der Waals surface area (Å²) in [5.74, 6) is -3.67. The molecule has 0 spiro atoms. The van der Waals surface area contributed by atoms with Crippen molar-refractivity contribution in [2.45, 2.75) is 24.6 Å². The lowest BCUT2D eigenvalue weighted by Gasteiger charge is -2.14. The van der Waals surface area contributed by atoms with Gasteiger partial charge < -0.3 is 14.6 Å². The Morgan fingerprint density at radius 1 is 1.42 bits per heavy atom. The lowest BCUT2D eigenvalue weighted by molar-refractivity contribution is -0.0981. The van der Waals surface area contributed by atoms with Crippen LogP contribution in [0.2, 0.25) is 0 Å². The quantitative estimate of drug-likeness (QED) is 0.846. The molecule has 104 valence electrons. The van der Waals surface area contributed by atoms with Gasteiger partial charge in [0, 0.05) is 6.42 Å². The molecule has 19 heavy (non-hydrogen) atoms. The number of esters is 1. The van der Waals surface area contributed by atoms with Crippen LogP contribution < -0.4 is 0 Å². The third-order valence-corrected chi connectivity index (χ3v) is 2.90. The molecule has 1 unspecified atom stereocenters. The molecule has 0 saturated carbocycles. The monoisotopic (exact) mass is 272 g/mol. The average Bonchev–Trinajstić information content (AvgIpc) is 2.71. The first kappa shape index (κ1) is 13.9. The zero-order valence-electron chi connectivity index (χ0n) is 10.1. The number of carbonyl (C=O) groups excluding carboxylic acids is 1. The Morgan fingerprint density at radius 2 is 2.11 bits per heavy atom. The van der Waals surface area contributed by atoms with E-state index in [1.54, 1.807) is 30.3 Å². The second-order valence-corrected chi connectivity index (χ2v) is 4.36. The minimum atomic E-state index is -3.08. The molecule has 1 aliphatic rings. The average molecular weight is 272 g/mol. The fourth-order valence-corrected chi connectivity index (χ4v) is 1.92. The first-order valence-electron chi connectivity index (χ1n) is 5.89. The van der Waals surface area contributed by atoms with Crippen LogP contribution in [0.5, 0.6) is 0 Å². The van der Waals surface area contributed by atoms with E-state index in [2.05, 4.69) is 0 Å². The number of benzene rings is 1. The number of hydrogen-bond donors (Lipinski definition) is 1. The highest BCUT2D eigenvalue weighted by atomic mass is 19.3. The fourth-order valence-electron chi connectivity index (χ4n) is 1.92. The molecule has 0 aromatic heterocycles. The van der Waals surface area contributed by atoms with Gasteiger partial charge in [0.25, 0.3) is 5.92 Å². The molecule has 0 amide bonds. The van der Waals surface area contributed by atoms with E-state index in [1.807, 2.05) is 0 Å². The van der Waals surface area contributed by atoms with E-state index in [0.717, 1.165) is 0 Å². The van der Waals surface area contributed by atoms with Gasteiger partial charge >= 0.3 is 5.97 Å². The number of alkyl halides is 2. The molecule has 1 N–H and O–H groups in total. The highest BCUT2D eigenvalue weighted by Gasteiger charge is 2.50. The van der Waals surface area contributed by atoms with Crippen LogP contribution in [0.15, 0.2) is 30.3 Å². The lowest BCUT2D eigenvalue weighted by atomic mass is 10.1. The standard InChI is InChI=1S/C13H14F2O4/c14-13(15)6-10(19-11(13)7-16)8-18-12(17)9-4-2-1-3-5-9/h1-5,10-11,16H,6-8H2/t10-,11?/m0/s1. The van der Waals surface area contributed by atoms with Gasteiger partial charge in [-0.15, -0.1) is 0 Å². The molecule has 2 atom stereocenters. The van der Waals surface area contributed by atoms with E-state index in [-0.39, 0.29) is 6.61 Å². The zero-order valence-corrected chi connectivity index (χ0v) is 10.1. The molecule has 1 saturated heterocycles. The van der Waals surface area contributed by atoms with Crippen LogP contribution in [0.4, 0.5) is 8.78 Å². The van der Waals surface area contributed by atoms with Crippen LogP contribution in [0.25, 0.3) is 0 Å². The number of ether oxygens (including phenoxy) is 2. The first-order valence-corrected chi connectivity index (χ1v) is 5.89. The van der Waals surface area contributed by atoms with Crippen LogP contribution in [-0.2, 0) is 9.47 Å². The molecular weight excluding hydrogens is 258 g/mol. The fraction of sp³-hybridized carbons (Fsp3) is 0.462. The Morgan fingerprint density at radius 3 is 2.68 bits per heavy atom. The third kappa shape index (κ3) is 3.27. The highest BCUT2D eigenvalue weighted by molar-refractivity contribution is 5.89. The van der Waals surface area contributed by atoms with Crippen molar-refractivity contribution < 1.29 is 28.2 Å². The number of aliphatic hydroxyl groups excluding tert-OH is 1. The molecule has 4 nitrogen and oxygen atoms in total. The summed E-state index contributed by atoms with van der Waals surface area (Å²) in [6.07, 6.45) is -2.96. The van der Waals surface area contributed by atoms with Gasteiger partial charge in [0.05, 0.1) is 18.3 Å². The molecule has 0 radical (unpaired) electrons. The van der Waals surface area contributed by atoms with E-state index in [4.69, 9.17) is 14.6 Å². The number of hydrogen-bond acceptors (Lipinski definition) is 4. The Bertz CT molecular complexity index is 436. The number of rotatable bonds is 4. The predicted molar refractivity (Wildman–Crippen MR) is 62.0 cm³/mol. The summed E-state index contributed by atoms with van der Waals surface area (Å²) in [6.45, 7) is -1.00. The Labute approximate surface area is 108 Å². The van der Waals surface area contributed by atoms with Gasteiger partial charge in [0.15, 0.2) is 0 Å². The second kappa shape index (κ2) is 5.63. The summed E-state index contributed by atoms with van der Waals surface area (Å²) in [5, 5.41) is 8.76. The molecule has 0 aliphatic carbocycles. The van der Waals surface area contributed by atoms with Gasteiger partial charge in [0.1, 0.15) is 12.7 Å². The van der Waals surface area contributed by atoms with Crippen molar-refractivity contribution in [1.29, 1.82) is 0 Å². The number of carbonyl (C=O) groups is 1. The highest BCUT2D eigenvalue weighted by Crippen LogP contribution is 2.35. The third-order valence-electron chi connectivity index (χ3n) is 2.90. The van der Waals surface area contributed by atoms with Crippen LogP contribution in [-0.4, -0.2) is 42.4 Å². The zero-order chi connectivity index (χ0) is 13.9. The van der Waals surface area contributed by atoms with Crippen molar-refractivity contribution in [2.75, 3.05) is 13.2 Å². The van der Waals surface area contributed by atoms with Crippen LogP contribution in [0.1, 0.15) is 16.8 Å². The van der Waals surface area contributed by atoms with Crippen LogP contribution in [0.3, 0.4) is 0 Å². The van der Waals surface area contributed by atoms with Gasteiger partial charge in [-0.3, -0.25) is 0 Å². The largest absolute Gasteiger partial charge is 0.459 e. The predicted octanol–water partition coefficient (Wildman–Crippen LogP) is 1.63. The van der Waals surface area contributed by atoms with Crippen molar-refractivity contribution in [1.82, 2.24) is 0 Å². The van der Waals surface area contributed by atoms with Crippen molar-refractivity contribution in [3.05, 3.63) is 35.9 Å². The topological polar surface area (TPSA) is 55.8 Å². The maximum absolute atomic E-state index is 13.3. The van der Waals surface area contributed by atoms with Gasteiger partial charge in [-0.1, -0.05) is 18.2 Å². The van der Waals surface area contributed by atoms with Gasteiger partial charge in [-0.05, 0) is 12.1 Å². The molecule has 1 heterocycles. The summed E-state index contributed by atoms with van der Waals surface area (Å²) >= 11 is 0. The van der Waals surface area contributed by atoms with Crippen molar-refractivity contribution in [3.63, 3.8) is 0 Å². The van der Waals surface area contributed by atoms with Crippen molar-refractivity contribution >= 4 is 5.97 Å². The maximum atomic E-state index is 13.3. The molecule has 0 bridgehead atoms. The normalized spacial score (nSPS) is 25.2. The van der Waals surface area contributed by atoms with Gasteiger partial charge in [-0.25, -0.2) is 13.6 Å². The lowest BCUT2D eigenvalue weighted by Crippen LogP contribution is -2.31.